The van der Waals surface area contributed by atoms with Gasteiger partial charge in [0.05, 0.1) is 0 Å². The predicted molar refractivity (Wildman–Crippen MR) is 148 cm³/mol. The molecule has 4 unspecified atom stereocenters. The van der Waals surface area contributed by atoms with Gasteiger partial charge in [-0.05, 0) is 76.9 Å². The van der Waals surface area contributed by atoms with Crippen LogP contribution in [0, 0.1) is 11.8 Å². The van der Waals surface area contributed by atoms with Crippen molar-refractivity contribution in [3.05, 3.63) is 12.2 Å². The van der Waals surface area contributed by atoms with Crippen molar-refractivity contribution in [3.8, 4) is 0 Å². The van der Waals surface area contributed by atoms with Gasteiger partial charge in [0.25, 0.3) is 46.4 Å². The van der Waals surface area contributed by atoms with Gasteiger partial charge >= 0.3 is 27.4 Å². The third kappa shape index (κ3) is 11.8. The first-order valence-electron chi connectivity index (χ1n) is 12.0. The van der Waals surface area contributed by atoms with Crippen LogP contribution >= 0.6 is 0 Å². The average Bonchev–Trinajstić information content (AvgIpc) is 3.31. The number of fused-ring (bicyclic) bond motifs is 2. The fourth-order valence-corrected chi connectivity index (χ4v) is 29.2. The van der Waals surface area contributed by atoms with Crippen LogP contribution in [-0.4, -0.2) is 80.9 Å². The first kappa shape index (κ1) is 30.3. The van der Waals surface area contributed by atoms with Crippen LogP contribution in [0.4, 0.5) is 0 Å². The van der Waals surface area contributed by atoms with Crippen molar-refractivity contribution in [1.82, 2.24) is 0 Å². The highest BCUT2D eigenvalue weighted by atomic mass is 28.5. The van der Waals surface area contributed by atoms with Crippen LogP contribution in [0.2, 0.25) is 52.4 Å². The van der Waals surface area contributed by atoms with E-state index in [1.807, 2.05) is 52.4 Å². The summed E-state index contributed by atoms with van der Waals surface area (Å²) in [5, 5.41) is 0. The van der Waals surface area contributed by atoms with Crippen molar-refractivity contribution in [1.29, 1.82) is 0 Å². The normalized spacial score (nSPS) is 45.4. The van der Waals surface area contributed by atoms with Crippen LogP contribution in [0.3, 0.4) is 0 Å². The monoisotopic (exact) mass is 604 g/mol. The Morgan fingerprint density at radius 2 is 0.909 bits per heavy atom. The van der Waals surface area contributed by atoms with Gasteiger partial charge in [-0.1, -0.05) is 12.2 Å². The standard InChI is InChI=1S/C7H10.C5H18O5Si4.C4H16O4Si4/c1-2-7-4-3-6(1)5-7;1-6-14(5)9-12(3)7-11(2)8-13(4)10-14;1-9-5-10(2)7-12(4)8-11(3)6-9/h1-2,6-7H,3-5H2;11-13H,1-5H3;9-12H,1-4H3. The highest BCUT2D eigenvalue weighted by molar-refractivity contribution is 6.78. The maximum Gasteiger partial charge on any atom is 0.479 e. The van der Waals surface area contributed by atoms with Crippen molar-refractivity contribution >= 4 is 73.8 Å². The summed E-state index contributed by atoms with van der Waals surface area (Å²) in [6.07, 6.45) is 9.19. The van der Waals surface area contributed by atoms with E-state index in [0.29, 0.717) is 0 Å². The summed E-state index contributed by atoms with van der Waals surface area (Å²) in [6, 6.07) is 0. The predicted octanol–water partition coefficient (Wildman–Crippen LogP) is 1.27. The van der Waals surface area contributed by atoms with Crippen LogP contribution in [-0.2, 0) is 37.3 Å². The van der Waals surface area contributed by atoms with Gasteiger partial charge in [-0.25, -0.2) is 0 Å². The van der Waals surface area contributed by atoms with Gasteiger partial charge in [0.15, 0.2) is 0 Å². The molecule has 0 spiro atoms. The molecule has 4 rings (SSSR count). The van der Waals surface area contributed by atoms with Crippen molar-refractivity contribution in [2.45, 2.75) is 71.6 Å². The molecule has 2 aliphatic heterocycles. The summed E-state index contributed by atoms with van der Waals surface area (Å²) in [6.45, 7) is 16.0. The van der Waals surface area contributed by atoms with E-state index in [0.717, 1.165) is 11.8 Å². The Labute approximate surface area is 213 Å². The second kappa shape index (κ2) is 14.8. The Kier molecular flexibility index (Phi) is 13.6. The summed E-state index contributed by atoms with van der Waals surface area (Å²) >= 11 is 0. The molecule has 4 atom stereocenters. The fourth-order valence-electron chi connectivity index (χ4n) is 4.28. The van der Waals surface area contributed by atoms with Crippen molar-refractivity contribution in [2.75, 3.05) is 7.11 Å². The lowest BCUT2D eigenvalue weighted by Crippen LogP contribution is -2.54. The molecule has 0 aromatic rings. The number of allylic oxidation sites excluding steroid dienone is 2. The fraction of sp³-hybridized carbons (Fsp3) is 0.875. The van der Waals surface area contributed by atoms with Crippen molar-refractivity contribution < 1.29 is 37.3 Å². The highest BCUT2D eigenvalue weighted by Gasteiger charge is 2.41. The lowest BCUT2D eigenvalue weighted by atomic mass is 10.1. The molecule has 1 saturated carbocycles. The molecule has 3 fully saturated rings. The number of hydrogen-bond donors (Lipinski definition) is 0. The van der Waals surface area contributed by atoms with E-state index < -0.39 is 73.8 Å². The van der Waals surface area contributed by atoms with E-state index >= 15 is 0 Å². The van der Waals surface area contributed by atoms with Crippen LogP contribution < -0.4 is 0 Å². The second-order valence-corrected chi connectivity index (χ2v) is 27.3. The molecule has 0 amide bonds. The molecule has 4 aliphatic rings. The molecule has 17 heteroatoms. The third-order valence-electron chi connectivity index (χ3n) is 5.60. The van der Waals surface area contributed by atoms with Crippen LogP contribution in [0.25, 0.3) is 0 Å². The van der Waals surface area contributed by atoms with Crippen molar-refractivity contribution in [3.63, 3.8) is 0 Å². The Balaban J connectivity index is 0.000000183. The molecule has 2 heterocycles. The molecule has 2 bridgehead atoms. The van der Waals surface area contributed by atoms with Gasteiger partial charge in [0.1, 0.15) is 0 Å². The van der Waals surface area contributed by atoms with E-state index in [1.165, 1.54) is 19.3 Å². The van der Waals surface area contributed by atoms with E-state index in [2.05, 4.69) is 12.2 Å². The minimum Gasteiger partial charge on any atom is -0.420 e. The van der Waals surface area contributed by atoms with Gasteiger partial charge in [0, 0.05) is 13.7 Å². The molecule has 2 aliphatic carbocycles. The minimum atomic E-state index is -2.45. The molecule has 0 N–H and O–H groups in total. The third-order valence-corrected chi connectivity index (χ3v) is 30.8. The number of hydrogen-bond acceptors (Lipinski definition) is 9. The molecule has 9 nitrogen and oxygen atoms in total. The average molecular weight is 605 g/mol. The molecule has 33 heavy (non-hydrogen) atoms. The second-order valence-electron chi connectivity index (χ2n) is 8.81. The lowest BCUT2D eigenvalue weighted by molar-refractivity contribution is 0.174. The molecule has 0 aromatic carbocycles. The van der Waals surface area contributed by atoms with Crippen LogP contribution in [0.15, 0.2) is 12.2 Å². The molecular formula is C16H44O9Si8. The summed E-state index contributed by atoms with van der Waals surface area (Å²) in [4.78, 5) is 0. The van der Waals surface area contributed by atoms with E-state index in [1.54, 1.807) is 7.11 Å². The minimum absolute atomic E-state index is 0.991. The molecule has 0 radical (unpaired) electrons. The topological polar surface area (TPSA) is 83.1 Å². The maximum absolute atomic E-state index is 5.77. The number of rotatable bonds is 1. The van der Waals surface area contributed by atoms with E-state index in [9.17, 15) is 0 Å². The SMILES string of the molecule is C1=CC2CCC1C2.CO[Si]1(C)O[SiH](C)O[SiH](C)O[SiH](C)O1.C[SiH]1O[SiH](C)O[SiH](C)O[SiH](C)O1. The quantitative estimate of drug-likeness (QED) is 0.325. The zero-order valence-corrected chi connectivity index (χ0v) is 30.7. The maximum atomic E-state index is 5.77. The first-order chi connectivity index (χ1) is 15.5. The highest BCUT2D eigenvalue weighted by Crippen LogP contribution is 2.38. The smallest absolute Gasteiger partial charge is 0.420 e. The molecule has 194 valence electrons. The van der Waals surface area contributed by atoms with Gasteiger partial charge in [-0.3, -0.25) is 0 Å². The van der Waals surface area contributed by atoms with Gasteiger partial charge in [0.2, 0.25) is 0 Å². The van der Waals surface area contributed by atoms with Crippen molar-refractivity contribution in [2.24, 2.45) is 11.8 Å². The Bertz CT molecular complexity index is 542. The Morgan fingerprint density at radius 3 is 1.12 bits per heavy atom. The lowest BCUT2D eigenvalue weighted by Gasteiger charge is -2.34. The van der Waals surface area contributed by atoms with Crippen LogP contribution in [0.5, 0.6) is 0 Å². The zero-order chi connectivity index (χ0) is 24.6. The van der Waals surface area contributed by atoms with Gasteiger partial charge in [-0.2, -0.15) is 0 Å². The first-order valence-corrected chi connectivity index (χ1v) is 28.9. The molecule has 0 aromatic heterocycles. The summed E-state index contributed by atoms with van der Waals surface area (Å²) in [5.41, 5.74) is 0. The van der Waals surface area contributed by atoms with E-state index in [4.69, 9.17) is 37.3 Å². The largest absolute Gasteiger partial charge is 0.479 e. The van der Waals surface area contributed by atoms with Gasteiger partial charge in [-0.15, -0.1) is 0 Å². The molecule has 2 saturated heterocycles. The van der Waals surface area contributed by atoms with Crippen LogP contribution in [0.1, 0.15) is 19.3 Å². The Hall–Kier alpha value is 1.12. The van der Waals surface area contributed by atoms with Gasteiger partial charge < -0.3 is 37.3 Å². The Morgan fingerprint density at radius 1 is 0.606 bits per heavy atom. The summed E-state index contributed by atoms with van der Waals surface area (Å²) in [5.74, 6) is 1.98. The zero-order valence-electron chi connectivity index (χ0n) is 21.6. The van der Waals surface area contributed by atoms with E-state index in [-0.39, 0.29) is 0 Å². The summed E-state index contributed by atoms with van der Waals surface area (Å²) < 4.78 is 50.9. The molecular weight excluding hydrogens is 561 g/mol. The summed E-state index contributed by atoms with van der Waals surface area (Å²) in [7, 11) is -11.3.